The van der Waals surface area contributed by atoms with Gasteiger partial charge in [0.1, 0.15) is 0 Å². The van der Waals surface area contributed by atoms with E-state index in [9.17, 15) is 4.79 Å². The summed E-state index contributed by atoms with van der Waals surface area (Å²) in [6, 6.07) is 5.41. The maximum atomic E-state index is 10.8. The fraction of sp³-hybridized carbons (Fsp3) is 0.222. The zero-order valence-corrected chi connectivity index (χ0v) is 9.33. The number of aliphatic hydroxyl groups excluding tert-OH is 1. The van der Waals surface area contributed by atoms with Gasteiger partial charge in [-0.2, -0.15) is 0 Å². The molecule has 0 aromatic heterocycles. The Balaban J connectivity index is 2.91. The van der Waals surface area contributed by atoms with Gasteiger partial charge in [-0.1, -0.05) is 6.07 Å². The van der Waals surface area contributed by atoms with E-state index in [2.05, 4.69) is 27.9 Å². The van der Waals surface area contributed by atoms with Gasteiger partial charge in [-0.25, -0.2) is 0 Å². The van der Waals surface area contributed by atoms with Crippen molar-refractivity contribution in [2.75, 3.05) is 5.32 Å². The molecule has 0 saturated heterocycles. The van der Waals surface area contributed by atoms with E-state index in [1.54, 1.807) is 12.1 Å². The summed E-state index contributed by atoms with van der Waals surface area (Å²) in [5.74, 6) is -0.0883. The quantitative estimate of drug-likeness (QED) is 0.815. The number of amides is 1. The van der Waals surface area contributed by atoms with Crippen LogP contribution in [-0.2, 0) is 11.4 Å². The van der Waals surface area contributed by atoms with E-state index in [4.69, 9.17) is 5.11 Å². The first-order chi connectivity index (χ1) is 6.13. The summed E-state index contributed by atoms with van der Waals surface area (Å²) in [6.07, 6.45) is 0. The summed E-state index contributed by atoms with van der Waals surface area (Å²) in [6.45, 7) is 1.49. The van der Waals surface area contributed by atoms with Crippen molar-refractivity contribution in [1.82, 2.24) is 0 Å². The third-order valence-electron chi connectivity index (χ3n) is 1.53. The standard InChI is InChI=1S/C9H10INO2/c1-6(13)11-9-3-2-7(5-12)4-8(9)10/h2-4,12H,5H2,1H3,(H,11,13). The van der Waals surface area contributed by atoms with E-state index in [0.29, 0.717) is 0 Å². The number of anilines is 1. The largest absolute Gasteiger partial charge is 0.392 e. The van der Waals surface area contributed by atoms with Gasteiger partial charge in [0.2, 0.25) is 5.91 Å². The molecule has 0 aliphatic heterocycles. The third kappa shape index (κ3) is 2.96. The topological polar surface area (TPSA) is 49.3 Å². The molecule has 1 amide bonds. The molecule has 0 spiro atoms. The van der Waals surface area contributed by atoms with E-state index in [0.717, 1.165) is 14.8 Å². The summed E-state index contributed by atoms with van der Waals surface area (Å²) in [4.78, 5) is 10.8. The maximum absolute atomic E-state index is 10.8. The minimum atomic E-state index is -0.0883. The minimum Gasteiger partial charge on any atom is -0.392 e. The van der Waals surface area contributed by atoms with Crippen LogP contribution in [0.5, 0.6) is 0 Å². The molecule has 0 radical (unpaired) electrons. The van der Waals surface area contributed by atoms with Crippen LogP contribution in [0.15, 0.2) is 18.2 Å². The second-order valence-electron chi connectivity index (χ2n) is 2.65. The molecule has 0 aliphatic carbocycles. The van der Waals surface area contributed by atoms with Gasteiger partial charge in [0.15, 0.2) is 0 Å². The lowest BCUT2D eigenvalue weighted by atomic mass is 10.2. The van der Waals surface area contributed by atoms with Crippen molar-refractivity contribution >= 4 is 34.2 Å². The number of rotatable bonds is 2. The Bertz CT molecular complexity index is 325. The molecular formula is C9H10INO2. The molecule has 2 N–H and O–H groups in total. The number of hydrogen-bond donors (Lipinski definition) is 2. The summed E-state index contributed by atoms with van der Waals surface area (Å²) < 4.78 is 0.930. The highest BCUT2D eigenvalue weighted by Gasteiger charge is 2.01. The molecule has 0 unspecified atom stereocenters. The Morgan fingerprint density at radius 3 is 2.77 bits per heavy atom. The number of halogens is 1. The van der Waals surface area contributed by atoms with Crippen molar-refractivity contribution in [3.63, 3.8) is 0 Å². The average Bonchev–Trinajstić information content (AvgIpc) is 2.08. The Labute approximate surface area is 90.3 Å². The molecule has 0 heterocycles. The van der Waals surface area contributed by atoms with Crippen molar-refractivity contribution in [2.45, 2.75) is 13.5 Å². The Kier molecular flexibility index (Phi) is 3.68. The predicted molar refractivity (Wildman–Crippen MR) is 59.4 cm³/mol. The van der Waals surface area contributed by atoms with Gasteiger partial charge in [0.25, 0.3) is 0 Å². The number of nitrogens with one attached hydrogen (secondary N) is 1. The first-order valence-corrected chi connectivity index (χ1v) is 4.88. The summed E-state index contributed by atoms with van der Waals surface area (Å²) in [7, 11) is 0. The van der Waals surface area contributed by atoms with Crippen LogP contribution < -0.4 is 5.32 Å². The predicted octanol–water partition coefficient (Wildman–Crippen LogP) is 1.74. The first kappa shape index (κ1) is 10.5. The van der Waals surface area contributed by atoms with Gasteiger partial charge in [0.05, 0.1) is 12.3 Å². The van der Waals surface area contributed by atoms with Crippen molar-refractivity contribution in [3.05, 3.63) is 27.3 Å². The normalized spacial score (nSPS) is 9.77. The molecule has 70 valence electrons. The molecule has 0 saturated carbocycles. The highest BCUT2D eigenvalue weighted by atomic mass is 127. The molecule has 1 rings (SSSR count). The molecule has 0 fully saturated rings. The van der Waals surface area contributed by atoms with Crippen LogP contribution in [0.2, 0.25) is 0 Å². The highest BCUT2D eigenvalue weighted by Crippen LogP contribution is 2.19. The van der Waals surface area contributed by atoms with Gasteiger partial charge in [-0.15, -0.1) is 0 Å². The molecular weight excluding hydrogens is 281 g/mol. The number of aliphatic hydroxyl groups is 1. The fourth-order valence-electron chi connectivity index (χ4n) is 0.948. The Morgan fingerprint density at radius 2 is 2.31 bits per heavy atom. The van der Waals surface area contributed by atoms with E-state index in [-0.39, 0.29) is 12.5 Å². The maximum Gasteiger partial charge on any atom is 0.221 e. The smallest absolute Gasteiger partial charge is 0.221 e. The van der Waals surface area contributed by atoms with Crippen molar-refractivity contribution in [1.29, 1.82) is 0 Å². The Hall–Kier alpha value is -0.620. The Morgan fingerprint density at radius 1 is 1.62 bits per heavy atom. The fourth-order valence-corrected chi connectivity index (χ4v) is 1.66. The van der Waals surface area contributed by atoms with Gasteiger partial charge >= 0.3 is 0 Å². The number of benzene rings is 1. The van der Waals surface area contributed by atoms with Crippen LogP contribution >= 0.6 is 22.6 Å². The number of hydrogen-bond acceptors (Lipinski definition) is 2. The van der Waals surface area contributed by atoms with E-state index >= 15 is 0 Å². The summed E-state index contributed by atoms with van der Waals surface area (Å²) >= 11 is 2.12. The monoisotopic (exact) mass is 291 g/mol. The second kappa shape index (κ2) is 4.57. The second-order valence-corrected chi connectivity index (χ2v) is 3.82. The molecule has 4 heteroatoms. The van der Waals surface area contributed by atoms with Gasteiger partial charge < -0.3 is 10.4 Å². The molecule has 1 aromatic carbocycles. The van der Waals surface area contributed by atoms with Crippen LogP contribution in [0.4, 0.5) is 5.69 Å². The SMILES string of the molecule is CC(=O)Nc1ccc(CO)cc1I. The zero-order valence-electron chi connectivity index (χ0n) is 7.17. The van der Waals surface area contributed by atoms with Crippen LogP contribution in [0.25, 0.3) is 0 Å². The number of carbonyl (C=O) groups excluding carboxylic acids is 1. The van der Waals surface area contributed by atoms with Crippen molar-refractivity contribution < 1.29 is 9.90 Å². The van der Waals surface area contributed by atoms with Gasteiger partial charge in [-0.05, 0) is 40.3 Å². The lowest BCUT2D eigenvalue weighted by molar-refractivity contribution is -0.114. The van der Waals surface area contributed by atoms with Gasteiger partial charge in [0, 0.05) is 10.5 Å². The highest BCUT2D eigenvalue weighted by molar-refractivity contribution is 14.1. The van der Waals surface area contributed by atoms with Crippen LogP contribution in [-0.4, -0.2) is 11.0 Å². The zero-order chi connectivity index (χ0) is 9.84. The molecule has 3 nitrogen and oxygen atoms in total. The average molecular weight is 291 g/mol. The summed E-state index contributed by atoms with van der Waals surface area (Å²) in [5.41, 5.74) is 1.63. The molecule has 0 bridgehead atoms. The minimum absolute atomic E-state index is 0.0242. The third-order valence-corrected chi connectivity index (χ3v) is 2.42. The van der Waals surface area contributed by atoms with Gasteiger partial charge in [-0.3, -0.25) is 4.79 Å². The molecule has 1 aromatic rings. The van der Waals surface area contributed by atoms with E-state index in [1.807, 2.05) is 6.07 Å². The molecule has 0 atom stereocenters. The molecule has 0 aliphatic rings. The van der Waals surface area contributed by atoms with Crippen molar-refractivity contribution in [2.24, 2.45) is 0 Å². The lowest BCUT2D eigenvalue weighted by Gasteiger charge is -2.05. The molecule has 13 heavy (non-hydrogen) atoms. The van der Waals surface area contributed by atoms with Crippen LogP contribution in [0, 0.1) is 3.57 Å². The first-order valence-electron chi connectivity index (χ1n) is 3.80. The van der Waals surface area contributed by atoms with Crippen molar-refractivity contribution in [3.8, 4) is 0 Å². The van der Waals surface area contributed by atoms with Crippen LogP contribution in [0.3, 0.4) is 0 Å². The van der Waals surface area contributed by atoms with E-state index in [1.165, 1.54) is 6.92 Å². The number of carbonyl (C=O) groups is 1. The van der Waals surface area contributed by atoms with E-state index < -0.39 is 0 Å². The summed E-state index contributed by atoms with van der Waals surface area (Å²) in [5, 5.41) is 11.5. The lowest BCUT2D eigenvalue weighted by Crippen LogP contribution is -2.07. The van der Waals surface area contributed by atoms with Crippen LogP contribution in [0.1, 0.15) is 12.5 Å².